The summed E-state index contributed by atoms with van der Waals surface area (Å²) in [4.78, 5) is 0. The number of unbranched alkanes of at least 4 members (excludes halogenated alkanes) is 1. The Hall–Kier alpha value is 0.01000. The van der Waals surface area contributed by atoms with E-state index in [9.17, 15) is 0 Å². The summed E-state index contributed by atoms with van der Waals surface area (Å²) in [5.41, 5.74) is 0.819. The average Bonchev–Trinajstić information content (AvgIpc) is 2.28. The van der Waals surface area contributed by atoms with Crippen LogP contribution in [0.5, 0.6) is 0 Å². The molecule has 1 aromatic carbocycles. The van der Waals surface area contributed by atoms with E-state index in [1.807, 2.05) is 0 Å². The Morgan fingerprint density at radius 3 is 2.44 bits per heavy atom. The number of hydrogen-bond donors (Lipinski definition) is 2. The van der Waals surface area contributed by atoms with E-state index in [-0.39, 0.29) is 6.61 Å². The summed E-state index contributed by atoms with van der Waals surface area (Å²) < 4.78 is 0. The van der Waals surface area contributed by atoms with E-state index in [1.165, 1.54) is 0 Å². The highest BCUT2D eigenvalue weighted by Gasteiger charge is 2.08. The molecule has 0 aliphatic rings. The summed E-state index contributed by atoms with van der Waals surface area (Å²) in [5, 5.41) is 13.5. The van der Waals surface area contributed by atoms with Gasteiger partial charge >= 0.3 is 0 Å². The Morgan fingerprint density at radius 2 is 1.75 bits per heavy atom. The smallest absolute Gasteiger partial charge is 0.0652 e. The third kappa shape index (κ3) is 4.11. The maximum absolute atomic E-state index is 8.62. The van der Waals surface area contributed by atoms with Crippen LogP contribution in [0.4, 0.5) is 0 Å². The van der Waals surface area contributed by atoms with Crippen LogP contribution in [0.15, 0.2) is 12.1 Å². The van der Waals surface area contributed by atoms with E-state index in [2.05, 4.69) is 5.32 Å². The first-order valence-corrected chi connectivity index (χ1v) is 6.24. The van der Waals surface area contributed by atoms with Crippen molar-refractivity contribution >= 4 is 34.8 Å². The van der Waals surface area contributed by atoms with Gasteiger partial charge in [-0.2, -0.15) is 0 Å². The van der Waals surface area contributed by atoms with Crippen LogP contribution < -0.4 is 5.32 Å². The average molecular weight is 283 g/mol. The van der Waals surface area contributed by atoms with Crippen LogP contribution in [0, 0.1) is 0 Å². The lowest BCUT2D eigenvalue weighted by molar-refractivity contribution is 0.283. The minimum atomic E-state index is 0.223. The lowest BCUT2D eigenvalue weighted by atomic mass is 10.2. The number of nitrogens with one attached hydrogen (secondary N) is 1. The van der Waals surface area contributed by atoms with Gasteiger partial charge in [-0.15, -0.1) is 0 Å². The van der Waals surface area contributed by atoms with Gasteiger partial charge in [-0.25, -0.2) is 0 Å². The van der Waals surface area contributed by atoms with E-state index in [0.29, 0.717) is 21.6 Å². The van der Waals surface area contributed by atoms with Crippen molar-refractivity contribution in [3.63, 3.8) is 0 Å². The van der Waals surface area contributed by atoms with Crippen LogP contribution in [0.3, 0.4) is 0 Å². The molecule has 2 nitrogen and oxygen atoms in total. The van der Waals surface area contributed by atoms with Gasteiger partial charge in [0.25, 0.3) is 0 Å². The first-order chi connectivity index (χ1) is 7.66. The minimum absolute atomic E-state index is 0.223. The Labute approximate surface area is 111 Å². The van der Waals surface area contributed by atoms with Gasteiger partial charge < -0.3 is 10.4 Å². The highest BCUT2D eigenvalue weighted by molar-refractivity contribution is 6.44. The monoisotopic (exact) mass is 281 g/mol. The fraction of sp³-hybridized carbons (Fsp3) is 0.455. The van der Waals surface area contributed by atoms with Crippen molar-refractivity contribution < 1.29 is 5.11 Å². The zero-order valence-electron chi connectivity index (χ0n) is 8.77. The fourth-order valence-electron chi connectivity index (χ4n) is 1.31. The molecule has 0 aliphatic carbocycles. The van der Waals surface area contributed by atoms with Crippen molar-refractivity contribution in [2.75, 3.05) is 13.2 Å². The highest BCUT2D eigenvalue weighted by Crippen LogP contribution is 2.31. The van der Waals surface area contributed by atoms with E-state index >= 15 is 0 Å². The van der Waals surface area contributed by atoms with Crippen molar-refractivity contribution in [3.8, 4) is 0 Å². The standard InChI is InChI=1S/C11H14Cl3NO/c12-9-3-4-10(13)11(14)8(9)7-15-5-1-2-6-16/h3-4,15-16H,1-2,5-7H2. The predicted octanol–water partition coefficient (Wildman–Crippen LogP) is 3.51. The molecule has 0 spiro atoms. The lowest BCUT2D eigenvalue weighted by Crippen LogP contribution is -2.15. The molecule has 0 bridgehead atoms. The second kappa shape index (κ2) is 7.36. The largest absolute Gasteiger partial charge is 0.396 e. The maximum atomic E-state index is 8.62. The number of halogens is 3. The third-order valence-corrected chi connectivity index (χ3v) is 3.40. The summed E-state index contributed by atoms with van der Waals surface area (Å²) >= 11 is 18.0. The second-order valence-electron chi connectivity index (χ2n) is 3.43. The van der Waals surface area contributed by atoms with E-state index < -0.39 is 0 Å². The minimum Gasteiger partial charge on any atom is -0.396 e. The molecule has 90 valence electrons. The van der Waals surface area contributed by atoms with E-state index in [0.717, 1.165) is 24.9 Å². The van der Waals surface area contributed by atoms with E-state index in [4.69, 9.17) is 39.9 Å². The van der Waals surface area contributed by atoms with Gasteiger partial charge in [0.15, 0.2) is 0 Å². The summed E-state index contributed by atoms with van der Waals surface area (Å²) in [6, 6.07) is 3.42. The molecule has 16 heavy (non-hydrogen) atoms. The Morgan fingerprint density at radius 1 is 1.06 bits per heavy atom. The molecule has 0 saturated carbocycles. The van der Waals surface area contributed by atoms with Crippen LogP contribution in [0.2, 0.25) is 15.1 Å². The molecule has 2 N–H and O–H groups in total. The molecule has 0 amide bonds. The van der Waals surface area contributed by atoms with Crippen LogP contribution in [-0.4, -0.2) is 18.3 Å². The highest BCUT2D eigenvalue weighted by atomic mass is 35.5. The van der Waals surface area contributed by atoms with Gasteiger partial charge in [0, 0.05) is 23.7 Å². The van der Waals surface area contributed by atoms with Gasteiger partial charge in [-0.3, -0.25) is 0 Å². The van der Waals surface area contributed by atoms with Gasteiger partial charge in [0.05, 0.1) is 10.0 Å². The maximum Gasteiger partial charge on any atom is 0.0652 e. The van der Waals surface area contributed by atoms with Crippen molar-refractivity contribution in [3.05, 3.63) is 32.8 Å². The van der Waals surface area contributed by atoms with Crippen molar-refractivity contribution in [1.29, 1.82) is 0 Å². The molecule has 5 heteroatoms. The summed E-state index contributed by atoms with van der Waals surface area (Å²) in [6.07, 6.45) is 1.72. The van der Waals surface area contributed by atoms with Gasteiger partial charge in [-0.05, 0) is 31.5 Å². The predicted molar refractivity (Wildman–Crippen MR) is 69.5 cm³/mol. The first kappa shape index (κ1) is 14.1. The SMILES string of the molecule is OCCCCNCc1c(Cl)ccc(Cl)c1Cl. The normalized spacial score (nSPS) is 10.8. The molecular weight excluding hydrogens is 268 g/mol. The van der Waals surface area contributed by atoms with E-state index in [1.54, 1.807) is 12.1 Å². The van der Waals surface area contributed by atoms with Crippen molar-refractivity contribution in [2.45, 2.75) is 19.4 Å². The molecule has 0 fully saturated rings. The molecule has 1 rings (SSSR count). The summed E-state index contributed by atoms with van der Waals surface area (Å²) in [7, 11) is 0. The van der Waals surface area contributed by atoms with Crippen LogP contribution >= 0.6 is 34.8 Å². The topological polar surface area (TPSA) is 32.3 Å². The molecule has 0 aromatic heterocycles. The molecule has 1 aromatic rings. The Balaban J connectivity index is 2.50. The molecule has 0 radical (unpaired) electrons. The van der Waals surface area contributed by atoms with Gasteiger partial charge in [0.2, 0.25) is 0 Å². The van der Waals surface area contributed by atoms with Crippen LogP contribution in [0.25, 0.3) is 0 Å². The number of hydrogen-bond acceptors (Lipinski definition) is 2. The zero-order valence-corrected chi connectivity index (χ0v) is 11.0. The summed E-state index contributed by atoms with van der Waals surface area (Å²) in [6.45, 7) is 1.63. The van der Waals surface area contributed by atoms with Crippen molar-refractivity contribution in [2.24, 2.45) is 0 Å². The molecular formula is C11H14Cl3NO. The second-order valence-corrected chi connectivity index (χ2v) is 4.62. The molecule has 0 unspecified atom stereocenters. The van der Waals surface area contributed by atoms with Crippen molar-refractivity contribution in [1.82, 2.24) is 5.32 Å². The first-order valence-electron chi connectivity index (χ1n) is 5.10. The van der Waals surface area contributed by atoms with Crippen LogP contribution in [0.1, 0.15) is 18.4 Å². The number of benzene rings is 1. The molecule has 0 saturated heterocycles. The molecule has 0 heterocycles. The molecule has 0 atom stereocenters. The number of aliphatic hydroxyl groups is 1. The van der Waals surface area contributed by atoms with Gasteiger partial charge in [0.1, 0.15) is 0 Å². The zero-order chi connectivity index (χ0) is 12.0. The number of aliphatic hydroxyl groups excluding tert-OH is 1. The number of rotatable bonds is 6. The summed E-state index contributed by atoms with van der Waals surface area (Å²) in [5.74, 6) is 0. The fourth-order valence-corrected chi connectivity index (χ4v) is 1.99. The quantitative estimate of drug-likeness (QED) is 0.618. The lowest BCUT2D eigenvalue weighted by Gasteiger charge is -2.09. The third-order valence-electron chi connectivity index (χ3n) is 2.20. The van der Waals surface area contributed by atoms with Crippen LogP contribution in [-0.2, 0) is 6.54 Å². The molecule has 0 aliphatic heterocycles. The Bertz CT molecular complexity index is 344. The van der Waals surface area contributed by atoms with Gasteiger partial charge in [-0.1, -0.05) is 34.8 Å². The Kier molecular flexibility index (Phi) is 6.47.